The molecule has 70 valence electrons. The summed E-state index contributed by atoms with van der Waals surface area (Å²) in [4.78, 5) is 11.2. The molecule has 0 saturated heterocycles. The average Bonchev–Trinajstić information content (AvgIpc) is 2.44. The fourth-order valence-electron chi connectivity index (χ4n) is 1.36. The molecule has 2 rings (SSSR count). The standard InChI is InChI=1S/C9H9NO2.H3N/c1-10-8-6-4-2-3-5-7(6)9(11)12-8;/h2-5,8,10H,1H3;1H3. The minimum atomic E-state index is -0.270. The Morgan fingerprint density at radius 1 is 1.38 bits per heavy atom. The molecular weight excluding hydrogens is 168 g/mol. The van der Waals surface area contributed by atoms with E-state index in [2.05, 4.69) is 5.32 Å². The number of rotatable bonds is 1. The molecule has 1 aliphatic rings. The van der Waals surface area contributed by atoms with Gasteiger partial charge in [0, 0.05) is 5.56 Å². The predicted octanol–water partition coefficient (Wildman–Crippen LogP) is 1.24. The summed E-state index contributed by atoms with van der Waals surface area (Å²) in [6, 6.07) is 7.39. The molecule has 1 aliphatic heterocycles. The summed E-state index contributed by atoms with van der Waals surface area (Å²) in [5.41, 5.74) is 1.59. The average molecular weight is 180 g/mol. The zero-order chi connectivity index (χ0) is 8.55. The fourth-order valence-corrected chi connectivity index (χ4v) is 1.36. The van der Waals surface area contributed by atoms with Gasteiger partial charge in [0.2, 0.25) is 0 Å². The molecule has 0 spiro atoms. The summed E-state index contributed by atoms with van der Waals surface area (Å²) in [5, 5.41) is 2.91. The maximum atomic E-state index is 11.2. The highest BCUT2D eigenvalue weighted by Crippen LogP contribution is 2.27. The van der Waals surface area contributed by atoms with Gasteiger partial charge in [-0.3, -0.25) is 5.32 Å². The molecule has 1 aromatic rings. The molecule has 0 aromatic heterocycles. The summed E-state index contributed by atoms with van der Waals surface area (Å²) >= 11 is 0. The smallest absolute Gasteiger partial charge is 0.340 e. The van der Waals surface area contributed by atoms with E-state index >= 15 is 0 Å². The largest absolute Gasteiger partial charge is 0.439 e. The van der Waals surface area contributed by atoms with Gasteiger partial charge in [0.1, 0.15) is 0 Å². The molecule has 1 atom stereocenters. The van der Waals surface area contributed by atoms with Crippen LogP contribution in [-0.2, 0) is 4.74 Å². The van der Waals surface area contributed by atoms with Gasteiger partial charge in [-0.2, -0.15) is 0 Å². The van der Waals surface area contributed by atoms with Crippen molar-refractivity contribution in [3.63, 3.8) is 0 Å². The van der Waals surface area contributed by atoms with E-state index in [0.29, 0.717) is 5.56 Å². The van der Waals surface area contributed by atoms with Crippen LogP contribution in [0.5, 0.6) is 0 Å². The highest BCUT2D eigenvalue weighted by Gasteiger charge is 2.28. The summed E-state index contributed by atoms with van der Waals surface area (Å²) in [7, 11) is 1.76. The van der Waals surface area contributed by atoms with Gasteiger partial charge in [-0.05, 0) is 13.1 Å². The normalized spacial score (nSPS) is 18.8. The van der Waals surface area contributed by atoms with Crippen molar-refractivity contribution >= 4 is 5.97 Å². The van der Waals surface area contributed by atoms with E-state index in [-0.39, 0.29) is 18.3 Å². The molecule has 0 radical (unpaired) electrons. The minimum Gasteiger partial charge on any atom is -0.439 e. The molecule has 0 aliphatic carbocycles. The van der Waals surface area contributed by atoms with Crippen LogP contribution in [0.25, 0.3) is 0 Å². The summed E-state index contributed by atoms with van der Waals surface area (Å²) < 4.78 is 5.03. The first-order valence-corrected chi connectivity index (χ1v) is 3.80. The molecule has 4 N–H and O–H groups in total. The molecular formula is C9H12N2O2. The van der Waals surface area contributed by atoms with Crippen LogP contribution in [0.15, 0.2) is 24.3 Å². The Hall–Kier alpha value is -1.39. The number of carbonyl (C=O) groups excluding carboxylic acids is 1. The Bertz CT molecular complexity index is 325. The van der Waals surface area contributed by atoms with Crippen LogP contribution < -0.4 is 11.5 Å². The van der Waals surface area contributed by atoms with Crippen LogP contribution in [0.2, 0.25) is 0 Å². The second-order valence-corrected chi connectivity index (χ2v) is 2.66. The van der Waals surface area contributed by atoms with E-state index in [1.807, 2.05) is 18.2 Å². The third kappa shape index (κ3) is 1.41. The lowest BCUT2D eigenvalue weighted by molar-refractivity contribution is 0.0328. The van der Waals surface area contributed by atoms with E-state index in [1.54, 1.807) is 13.1 Å². The number of hydrogen-bond donors (Lipinski definition) is 2. The Balaban J connectivity index is 0.000000845. The first-order chi connectivity index (χ1) is 5.83. The van der Waals surface area contributed by atoms with Gasteiger partial charge in [-0.15, -0.1) is 0 Å². The number of ether oxygens (including phenoxy) is 1. The second kappa shape index (κ2) is 3.55. The van der Waals surface area contributed by atoms with Gasteiger partial charge in [0.25, 0.3) is 0 Å². The molecule has 1 heterocycles. The lowest BCUT2D eigenvalue weighted by atomic mass is 10.1. The maximum Gasteiger partial charge on any atom is 0.340 e. The maximum absolute atomic E-state index is 11.2. The third-order valence-electron chi connectivity index (χ3n) is 1.95. The molecule has 0 bridgehead atoms. The topological polar surface area (TPSA) is 73.3 Å². The first-order valence-electron chi connectivity index (χ1n) is 3.80. The number of nitrogens with one attached hydrogen (secondary N) is 1. The van der Waals surface area contributed by atoms with Gasteiger partial charge in [-0.25, -0.2) is 4.79 Å². The van der Waals surface area contributed by atoms with Crippen molar-refractivity contribution in [2.24, 2.45) is 0 Å². The van der Waals surface area contributed by atoms with Crippen LogP contribution in [0.3, 0.4) is 0 Å². The predicted molar refractivity (Wildman–Crippen MR) is 48.7 cm³/mol. The van der Waals surface area contributed by atoms with Gasteiger partial charge in [-0.1, -0.05) is 18.2 Å². The molecule has 1 unspecified atom stereocenters. The quantitative estimate of drug-likeness (QED) is 0.637. The Kier molecular flexibility index (Phi) is 2.65. The van der Waals surface area contributed by atoms with Crippen molar-refractivity contribution in [3.8, 4) is 0 Å². The second-order valence-electron chi connectivity index (χ2n) is 2.66. The van der Waals surface area contributed by atoms with Crippen molar-refractivity contribution in [2.45, 2.75) is 6.23 Å². The van der Waals surface area contributed by atoms with Crippen LogP contribution >= 0.6 is 0 Å². The number of benzene rings is 1. The third-order valence-corrected chi connectivity index (χ3v) is 1.95. The first kappa shape index (κ1) is 9.70. The zero-order valence-electron chi connectivity index (χ0n) is 7.41. The summed E-state index contributed by atoms with van der Waals surface area (Å²) in [5.74, 6) is -0.245. The van der Waals surface area contributed by atoms with Crippen LogP contribution in [0.4, 0.5) is 0 Å². The Labute approximate surface area is 76.5 Å². The van der Waals surface area contributed by atoms with E-state index in [4.69, 9.17) is 4.74 Å². The number of esters is 1. The minimum absolute atomic E-state index is 0. The summed E-state index contributed by atoms with van der Waals surface area (Å²) in [6.07, 6.45) is -0.270. The summed E-state index contributed by atoms with van der Waals surface area (Å²) in [6.45, 7) is 0. The van der Waals surface area contributed by atoms with Crippen molar-refractivity contribution in [3.05, 3.63) is 35.4 Å². The van der Waals surface area contributed by atoms with Crippen molar-refractivity contribution in [2.75, 3.05) is 7.05 Å². The van der Waals surface area contributed by atoms with Gasteiger partial charge >= 0.3 is 5.97 Å². The monoisotopic (exact) mass is 180 g/mol. The Morgan fingerprint density at radius 2 is 2.08 bits per heavy atom. The van der Waals surface area contributed by atoms with E-state index in [1.165, 1.54) is 0 Å². The lowest BCUT2D eigenvalue weighted by Gasteiger charge is -2.07. The highest BCUT2D eigenvalue weighted by molar-refractivity contribution is 5.93. The number of hydrogen-bond acceptors (Lipinski definition) is 4. The number of carbonyl (C=O) groups is 1. The van der Waals surface area contributed by atoms with Crippen LogP contribution in [0.1, 0.15) is 22.1 Å². The van der Waals surface area contributed by atoms with Crippen molar-refractivity contribution in [1.82, 2.24) is 11.5 Å². The fraction of sp³-hybridized carbons (Fsp3) is 0.222. The van der Waals surface area contributed by atoms with E-state index < -0.39 is 0 Å². The van der Waals surface area contributed by atoms with Crippen molar-refractivity contribution in [1.29, 1.82) is 0 Å². The van der Waals surface area contributed by atoms with Crippen molar-refractivity contribution < 1.29 is 9.53 Å². The number of cyclic esters (lactones) is 1. The molecule has 0 saturated carbocycles. The molecule has 4 nitrogen and oxygen atoms in total. The lowest BCUT2D eigenvalue weighted by Crippen LogP contribution is -2.15. The van der Waals surface area contributed by atoms with Gasteiger partial charge in [0.15, 0.2) is 6.23 Å². The molecule has 0 amide bonds. The van der Waals surface area contributed by atoms with Crippen LogP contribution in [0, 0.1) is 0 Å². The molecule has 0 fully saturated rings. The van der Waals surface area contributed by atoms with E-state index in [0.717, 1.165) is 5.56 Å². The molecule has 13 heavy (non-hydrogen) atoms. The van der Waals surface area contributed by atoms with Gasteiger partial charge in [0.05, 0.1) is 5.56 Å². The van der Waals surface area contributed by atoms with E-state index in [9.17, 15) is 4.79 Å². The van der Waals surface area contributed by atoms with Gasteiger partial charge < -0.3 is 10.9 Å². The zero-order valence-corrected chi connectivity index (χ0v) is 7.41. The molecule has 1 aromatic carbocycles. The number of fused-ring (bicyclic) bond motifs is 1. The Morgan fingerprint density at radius 3 is 2.77 bits per heavy atom. The highest BCUT2D eigenvalue weighted by atomic mass is 16.6. The van der Waals surface area contributed by atoms with Crippen LogP contribution in [-0.4, -0.2) is 13.0 Å². The SMILES string of the molecule is CNC1OC(=O)c2ccccc21.N. The molecule has 4 heteroatoms.